The molecule has 0 unspecified atom stereocenters. The number of hydrogen-bond donors (Lipinski definition) is 0. The molecule has 2 rings (SSSR count). The quantitative estimate of drug-likeness (QED) is 0.507. The van der Waals surface area contributed by atoms with Gasteiger partial charge in [0.2, 0.25) is 0 Å². The highest BCUT2D eigenvalue weighted by Crippen LogP contribution is 2.29. The molecule has 0 spiro atoms. The van der Waals surface area contributed by atoms with E-state index in [4.69, 9.17) is 0 Å². The normalized spacial score (nSPS) is 18.8. The zero-order valence-corrected chi connectivity index (χ0v) is 7.67. The molecule has 4 heteroatoms. The molecule has 13 heavy (non-hydrogen) atoms. The van der Waals surface area contributed by atoms with E-state index in [2.05, 4.69) is 4.74 Å². The monoisotopic (exact) mass is 196 g/mol. The molecule has 1 fully saturated rings. The number of rotatable bonds is 1. The van der Waals surface area contributed by atoms with Crippen molar-refractivity contribution in [2.45, 2.75) is 18.8 Å². The second kappa shape index (κ2) is 3.30. The number of thiophene rings is 1. The number of hydrogen-bond acceptors (Lipinski definition) is 4. The first-order valence-electron chi connectivity index (χ1n) is 4.01. The van der Waals surface area contributed by atoms with E-state index in [0.29, 0.717) is 12.8 Å². The molecule has 1 aliphatic rings. The molecule has 1 aliphatic heterocycles. The summed E-state index contributed by atoms with van der Waals surface area (Å²) in [5, 5.41) is 3.91. The highest BCUT2D eigenvalue weighted by atomic mass is 32.1. The second-order valence-electron chi connectivity index (χ2n) is 3.01. The summed E-state index contributed by atoms with van der Waals surface area (Å²) in [5.41, 5.74) is 1.06. The van der Waals surface area contributed by atoms with Crippen LogP contribution in [0.15, 0.2) is 16.8 Å². The van der Waals surface area contributed by atoms with Crippen LogP contribution in [0.3, 0.4) is 0 Å². The lowest BCUT2D eigenvalue weighted by Crippen LogP contribution is -2.23. The van der Waals surface area contributed by atoms with Gasteiger partial charge in [-0.2, -0.15) is 11.3 Å². The molecule has 0 N–H and O–H groups in total. The van der Waals surface area contributed by atoms with Crippen molar-refractivity contribution in [1.29, 1.82) is 0 Å². The number of carbonyl (C=O) groups is 2. The molecule has 2 heterocycles. The minimum absolute atomic E-state index is 0.0278. The van der Waals surface area contributed by atoms with Gasteiger partial charge in [0.25, 0.3) is 0 Å². The van der Waals surface area contributed by atoms with Gasteiger partial charge in [0.15, 0.2) is 0 Å². The zero-order valence-electron chi connectivity index (χ0n) is 6.86. The fraction of sp³-hybridized carbons (Fsp3) is 0.333. The Kier molecular flexibility index (Phi) is 2.14. The summed E-state index contributed by atoms with van der Waals surface area (Å²) >= 11 is 1.57. The van der Waals surface area contributed by atoms with Crippen molar-refractivity contribution in [3.63, 3.8) is 0 Å². The maximum atomic E-state index is 10.9. The summed E-state index contributed by atoms with van der Waals surface area (Å²) in [4.78, 5) is 21.9. The minimum atomic E-state index is -0.410. The van der Waals surface area contributed by atoms with Crippen LogP contribution >= 0.6 is 11.3 Å². The van der Waals surface area contributed by atoms with Crippen molar-refractivity contribution < 1.29 is 14.3 Å². The van der Waals surface area contributed by atoms with E-state index in [1.54, 1.807) is 11.3 Å². The van der Waals surface area contributed by atoms with Crippen LogP contribution in [-0.2, 0) is 14.3 Å². The van der Waals surface area contributed by atoms with Crippen LogP contribution in [0.1, 0.15) is 24.3 Å². The molecule has 1 saturated heterocycles. The van der Waals surface area contributed by atoms with Gasteiger partial charge in [-0.3, -0.25) is 9.59 Å². The smallest absolute Gasteiger partial charge is 0.314 e. The molecule has 3 nitrogen and oxygen atoms in total. The van der Waals surface area contributed by atoms with Gasteiger partial charge in [0, 0.05) is 5.92 Å². The fourth-order valence-corrected chi connectivity index (χ4v) is 2.17. The van der Waals surface area contributed by atoms with E-state index in [1.807, 2.05) is 16.8 Å². The van der Waals surface area contributed by atoms with E-state index >= 15 is 0 Å². The molecule has 1 aromatic rings. The summed E-state index contributed by atoms with van der Waals surface area (Å²) in [6.07, 6.45) is 0.644. The van der Waals surface area contributed by atoms with Crippen LogP contribution in [0.25, 0.3) is 0 Å². The predicted molar refractivity (Wildman–Crippen MR) is 47.4 cm³/mol. The SMILES string of the molecule is O=C1CC(c2ccsc2)CC(=O)O1. The average Bonchev–Trinajstić information content (AvgIpc) is 2.53. The van der Waals surface area contributed by atoms with E-state index in [-0.39, 0.29) is 5.92 Å². The second-order valence-corrected chi connectivity index (χ2v) is 3.79. The van der Waals surface area contributed by atoms with Gasteiger partial charge in [-0.15, -0.1) is 0 Å². The van der Waals surface area contributed by atoms with Crippen LogP contribution in [-0.4, -0.2) is 11.9 Å². The van der Waals surface area contributed by atoms with Gasteiger partial charge in [-0.1, -0.05) is 0 Å². The molecule has 0 aromatic carbocycles. The van der Waals surface area contributed by atoms with Gasteiger partial charge in [-0.25, -0.2) is 0 Å². The summed E-state index contributed by atoms with van der Waals surface area (Å²) in [5.74, 6) is -0.792. The Morgan fingerprint density at radius 1 is 1.31 bits per heavy atom. The Hall–Kier alpha value is -1.16. The van der Waals surface area contributed by atoms with Crippen LogP contribution in [0, 0.1) is 0 Å². The van der Waals surface area contributed by atoms with Gasteiger partial charge < -0.3 is 4.74 Å². The van der Waals surface area contributed by atoms with E-state index in [0.717, 1.165) is 5.56 Å². The lowest BCUT2D eigenvalue weighted by Gasteiger charge is -2.18. The number of carbonyl (C=O) groups excluding carboxylic acids is 2. The molecule has 0 amide bonds. The van der Waals surface area contributed by atoms with Gasteiger partial charge in [-0.05, 0) is 22.4 Å². The molecule has 0 saturated carbocycles. The van der Waals surface area contributed by atoms with Crippen molar-refractivity contribution >= 4 is 23.3 Å². The van der Waals surface area contributed by atoms with Crippen LogP contribution in [0.4, 0.5) is 0 Å². The summed E-state index contributed by atoms with van der Waals surface area (Å²) in [7, 11) is 0. The first-order valence-corrected chi connectivity index (χ1v) is 4.95. The third-order valence-corrected chi connectivity index (χ3v) is 2.77. The Bertz CT molecular complexity index is 313. The third-order valence-electron chi connectivity index (χ3n) is 2.07. The molecule has 1 aromatic heterocycles. The molecular weight excluding hydrogens is 188 g/mol. The van der Waals surface area contributed by atoms with Crippen molar-refractivity contribution in [3.05, 3.63) is 22.4 Å². The van der Waals surface area contributed by atoms with Gasteiger partial charge >= 0.3 is 11.9 Å². The Balaban J connectivity index is 2.16. The van der Waals surface area contributed by atoms with Gasteiger partial charge in [0.05, 0.1) is 12.8 Å². The van der Waals surface area contributed by atoms with Crippen molar-refractivity contribution in [2.75, 3.05) is 0 Å². The zero-order chi connectivity index (χ0) is 9.26. The lowest BCUT2D eigenvalue weighted by atomic mass is 9.93. The van der Waals surface area contributed by atoms with E-state index in [1.165, 1.54) is 0 Å². The Labute approximate surface area is 79.3 Å². The molecule has 0 atom stereocenters. The Morgan fingerprint density at radius 3 is 2.54 bits per heavy atom. The topological polar surface area (TPSA) is 43.4 Å². The van der Waals surface area contributed by atoms with Crippen molar-refractivity contribution in [2.24, 2.45) is 0 Å². The lowest BCUT2D eigenvalue weighted by molar-refractivity contribution is -0.163. The fourth-order valence-electron chi connectivity index (χ4n) is 1.43. The molecule has 0 aliphatic carbocycles. The molecule has 0 radical (unpaired) electrons. The predicted octanol–water partition coefficient (Wildman–Crippen LogP) is 1.70. The summed E-state index contributed by atoms with van der Waals surface area (Å²) < 4.78 is 4.44. The Morgan fingerprint density at radius 2 is 2.00 bits per heavy atom. The van der Waals surface area contributed by atoms with Gasteiger partial charge in [0.1, 0.15) is 0 Å². The van der Waals surface area contributed by atoms with Crippen molar-refractivity contribution in [1.82, 2.24) is 0 Å². The van der Waals surface area contributed by atoms with Crippen molar-refractivity contribution in [3.8, 4) is 0 Å². The van der Waals surface area contributed by atoms with E-state index < -0.39 is 11.9 Å². The molecule has 68 valence electrons. The third kappa shape index (κ3) is 1.78. The molecular formula is C9H8O3S. The maximum absolute atomic E-state index is 10.9. The minimum Gasteiger partial charge on any atom is -0.393 e. The molecule has 0 bridgehead atoms. The average molecular weight is 196 g/mol. The first kappa shape index (κ1) is 8.44. The highest BCUT2D eigenvalue weighted by Gasteiger charge is 2.28. The maximum Gasteiger partial charge on any atom is 0.314 e. The number of ether oxygens (including phenoxy) is 1. The standard InChI is InChI=1S/C9H8O3S/c10-8-3-7(4-9(11)12-8)6-1-2-13-5-6/h1-2,5,7H,3-4H2. The largest absolute Gasteiger partial charge is 0.393 e. The van der Waals surface area contributed by atoms with Crippen LogP contribution in [0.2, 0.25) is 0 Å². The first-order chi connectivity index (χ1) is 6.25. The van der Waals surface area contributed by atoms with Crippen LogP contribution < -0.4 is 0 Å². The van der Waals surface area contributed by atoms with E-state index in [9.17, 15) is 9.59 Å². The van der Waals surface area contributed by atoms with Crippen LogP contribution in [0.5, 0.6) is 0 Å². The summed E-state index contributed by atoms with van der Waals surface area (Å²) in [6.45, 7) is 0. The number of cyclic esters (lactones) is 2. The summed E-state index contributed by atoms with van der Waals surface area (Å²) in [6, 6.07) is 1.95. The number of esters is 2. The highest BCUT2D eigenvalue weighted by molar-refractivity contribution is 7.08.